The molecule has 1 aliphatic carbocycles. The van der Waals surface area contributed by atoms with Crippen LogP contribution in [-0.4, -0.2) is 75.3 Å². The summed E-state index contributed by atoms with van der Waals surface area (Å²) in [5, 5.41) is 5.65. The Bertz CT molecular complexity index is 1250. The van der Waals surface area contributed by atoms with Gasteiger partial charge in [0.1, 0.15) is 23.6 Å². The van der Waals surface area contributed by atoms with Crippen molar-refractivity contribution in [2.24, 2.45) is 0 Å². The molecular weight excluding hydrogens is 430 g/mol. The monoisotopic (exact) mass is 461 g/mol. The minimum Gasteiger partial charge on any atom is -0.496 e. The van der Waals surface area contributed by atoms with Gasteiger partial charge in [0.05, 0.1) is 18.5 Å². The fraction of sp³-hybridized carbons (Fsp3) is 0.440. The third-order valence-corrected chi connectivity index (χ3v) is 6.84. The number of carbonyl (C=O) groups excluding carboxylic acids is 1. The van der Waals surface area contributed by atoms with E-state index in [-0.39, 0.29) is 11.9 Å². The number of hydrogen-bond donors (Lipinski definition) is 1. The molecule has 2 aromatic heterocycles. The Balaban J connectivity index is 1.39. The zero-order valence-corrected chi connectivity index (χ0v) is 19.9. The number of aryl methyl sites for hydroxylation is 1. The van der Waals surface area contributed by atoms with Gasteiger partial charge in [-0.3, -0.25) is 9.69 Å². The fourth-order valence-corrected chi connectivity index (χ4v) is 4.65. The summed E-state index contributed by atoms with van der Waals surface area (Å²) in [7, 11) is 3.76. The zero-order valence-electron chi connectivity index (χ0n) is 19.9. The Morgan fingerprint density at radius 2 is 2.12 bits per heavy atom. The van der Waals surface area contributed by atoms with Crippen LogP contribution in [0, 0.1) is 6.92 Å². The second-order valence-electron chi connectivity index (χ2n) is 9.23. The summed E-state index contributed by atoms with van der Waals surface area (Å²) in [5.41, 5.74) is 9.61. The van der Waals surface area contributed by atoms with E-state index in [2.05, 4.69) is 21.9 Å². The van der Waals surface area contributed by atoms with Crippen molar-refractivity contribution >= 4 is 22.8 Å². The van der Waals surface area contributed by atoms with Gasteiger partial charge < -0.3 is 15.4 Å². The van der Waals surface area contributed by atoms with Crippen LogP contribution in [0.15, 0.2) is 36.7 Å². The Hall–Kier alpha value is -3.46. The molecule has 9 nitrogen and oxygen atoms in total. The van der Waals surface area contributed by atoms with Gasteiger partial charge in [0.15, 0.2) is 5.65 Å². The lowest BCUT2D eigenvalue weighted by Gasteiger charge is -2.16. The summed E-state index contributed by atoms with van der Waals surface area (Å²) in [4.78, 5) is 25.7. The zero-order chi connectivity index (χ0) is 23.8. The molecule has 5 rings (SSSR count). The molecule has 34 heavy (non-hydrogen) atoms. The lowest BCUT2D eigenvalue weighted by Crippen LogP contribution is -2.28. The predicted molar refractivity (Wildman–Crippen MR) is 131 cm³/mol. The van der Waals surface area contributed by atoms with Crippen LogP contribution in [0.25, 0.3) is 22.3 Å². The van der Waals surface area contributed by atoms with Gasteiger partial charge in [0, 0.05) is 37.3 Å². The fourth-order valence-electron chi connectivity index (χ4n) is 4.65. The molecule has 9 heteroatoms. The van der Waals surface area contributed by atoms with E-state index in [1.54, 1.807) is 13.2 Å². The molecule has 3 aromatic rings. The number of carbonyl (C=O) groups is 1. The highest BCUT2D eigenvalue weighted by Crippen LogP contribution is 2.35. The summed E-state index contributed by atoms with van der Waals surface area (Å²) in [6.07, 6.45) is 8.46. The summed E-state index contributed by atoms with van der Waals surface area (Å²) in [5.74, 6) is 1.22. The van der Waals surface area contributed by atoms with Crippen LogP contribution in [-0.2, 0) is 4.79 Å². The number of benzene rings is 1. The molecule has 1 saturated heterocycles. The lowest BCUT2D eigenvalue weighted by molar-refractivity contribution is -0.125. The number of nitrogens with two attached hydrogens (primary N) is 1. The number of likely N-dealkylation sites (tertiary alicyclic amines) is 1. The first-order chi connectivity index (χ1) is 16.5. The van der Waals surface area contributed by atoms with Gasteiger partial charge >= 0.3 is 0 Å². The predicted octanol–water partition coefficient (Wildman–Crippen LogP) is 2.82. The number of nitrogen functional groups attached to an aromatic ring is 1. The molecule has 0 radical (unpaired) electrons. The molecule has 1 aromatic carbocycles. The van der Waals surface area contributed by atoms with E-state index in [0.29, 0.717) is 30.6 Å². The van der Waals surface area contributed by atoms with E-state index in [1.165, 1.54) is 19.2 Å². The molecule has 2 aliphatic rings. The number of aromatic nitrogens is 4. The van der Waals surface area contributed by atoms with Crippen LogP contribution >= 0.6 is 0 Å². The molecule has 2 N–H and O–H groups in total. The van der Waals surface area contributed by atoms with Crippen LogP contribution in [0.4, 0.5) is 5.82 Å². The number of likely N-dealkylation sites (N-methyl/N-ethyl adjacent to an activating group) is 1. The summed E-state index contributed by atoms with van der Waals surface area (Å²) >= 11 is 0. The molecule has 0 unspecified atom stereocenters. The molecular formula is C25H31N7O2. The summed E-state index contributed by atoms with van der Waals surface area (Å²) in [6.45, 7) is 4.07. The highest BCUT2D eigenvalue weighted by Gasteiger charge is 2.30. The van der Waals surface area contributed by atoms with E-state index >= 15 is 0 Å². The second-order valence-corrected chi connectivity index (χ2v) is 9.23. The minimum atomic E-state index is 0.0179. The number of amides is 1. The Kier molecular flexibility index (Phi) is 5.95. The van der Waals surface area contributed by atoms with Crippen molar-refractivity contribution in [3.05, 3.63) is 42.2 Å². The van der Waals surface area contributed by atoms with Gasteiger partial charge in [-0.2, -0.15) is 5.10 Å². The lowest BCUT2D eigenvalue weighted by atomic mass is 10.1. The minimum absolute atomic E-state index is 0.0179. The summed E-state index contributed by atoms with van der Waals surface area (Å²) in [6, 6.07) is 6.67. The van der Waals surface area contributed by atoms with Crippen molar-refractivity contribution in [1.82, 2.24) is 29.5 Å². The average molecular weight is 462 g/mol. The maximum absolute atomic E-state index is 12.8. The van der Waals surface area contributed by atoms with Crippen molar-refractivity contribution in [3.8, 4) is 17.0 Å². The normalized spacial score (nSPS) is 18.5. The smallest absolute Gasteiger partial charge is 0.246 e. The number of hydrogen-bond acceptors (Lipinski definition) is 7. The number of anilines is 1. The first kappa shape index (κ1) is 22.3. The number of nitrogens with zero attached hydrogens (tertiary/aromatic N) is 6. The second kappa shape index (κ2) is 9.06. The quantitative estimate of drug-likeness (QED) is 0.540. The first-order valence-electron chi connectivity index (χ1n) is 11.8. The number of ether oxygens (including phenoxy) is 1. The van der Waals surface area contributed by atoms with Crippen LogP contribution in [0.2, 0.25) is 0 Å². The van der Waals surface area contributed by atoms with Gasteiger partial charge in [-0.1, -0.05) is 18.2 Å². The largest absolute Gasteiger partial charge is 0.496 e. The third-order valence-electron chi connectivity index (χ3n) is 6.84. The molecule has 1 atom stereocenters. The standard InChI is InChI=1S/C25H31N7O2/c1-16-6-7-17(13-20(16)34-3)23-22-24(26)27-15-28-25(22)32(29-23)19-10-12-31(14-19)21(33)5-4-11-30(2)18-8-9-18/h4-7,13,15,18-19H,8-12,14H2,1-3H3,(H2,26,27,28)/b5-4+/t19-/m1/s1. The Morgan fingerprint density at radius 3 is 2.88 bits per heavy atom. The number of fused-ring (bicyclic) bond motifs is 1. The molecule has 1 aliphatic heterocycles. The Labute approximate surface area is 199 Å². The third kappa shape index (κ3) is 4.23. The van der Waals surface area contributed by atoms with Gasteiger partial charge in [-0.15, -0.1) is 0 Å². The van der Waals surface area contributed by atoms with Crippen molar-refractivity contribution in [3.63, 3.8) is 0 Å². The molecule has 0 spiro atoms. The molecule has 1 amide bonds. The molecule has 3 heterocycles. The van der Waals surface area contributed by atoms with Crippen molar-refractivity contribution in [2.75, 3.05) is 39.5 Å². The van der Waals surface area contributed by atoms with E-state index < -0.39 is 0 Å². The number of methoxy groups -OCH3 is 1. The highest BCUT2D eigenvalue weighted by atomic mass is 16.5. The van der Waals surface area contributed by atoms with Gasteiger partial charge in [0.2, 0.25) is 5.91 Å². The maximum Gasteiger partial charge on any atom is 0.246 e. The van der Waals surface area contributed by atoms with Gasteiger partial charge in [-0.05, 0) is 44.9 Å². The molecule has 0 bridgehead atoms. The van der Waals surface area contributed by atoms with Crippen molar-refractivity contribution in [2.45, 2.75) is 38.3 Å². The van der Waals surface area contributed by atoms with Gasteiger partial charge in [-0.25, -0.2) is 14.6 Å². The SMILES string of the molecule is COc1cc(-c2nn([C@@H]3CCN(C(=O)/C=C/CN(C)C4CC4)C3)c3ncnc(N)c23)ccc1C. The van der Waals surface area contributed by atoms with Crippen LogP contribution in [0.3, 0.4) is 0 Å². The molecule has 178 valence electrons. The maximum atomic E-state index is 12.8. The van der Waals surface area contributed by atoms with E-state index in [9.17, 15) is 4.79 Å². The van der Waals surface area contributed by atoms with Crippen LogP contribution in [0.5, 0.6) is 5.75 Å². The van der Waals surface area contributed by atoms with E-state index in [4.69, 9.17) is 15.6 Å². The number of rotatable bonds is 7. The van der Waals surface area contributed by atoms with Gasteiger partial charge in [0.25, 0.3) is 0 Å². The summed E-state index contributed by atoms with van der Waals surface area (Å²) < 4.78 is 7.42. The van der Waals surface area contributed by atoms with Crippen LogP contribution in [0.1, 0.15) is 30.9 Å². The molecule has 1 saturated carbocycles. The highest BCUT2D eigenvalue weighted by molar-refractivity contribution is 5.98. The molecule has 2 fully saturated rings. The Morgan fingerprint density at radius 1 is 1.29 bits per heavy atom. The van der Waals surface area contributed by atoms with Crippen molar-refractivity contribution in [1.29, 1.82) is 0 Å². The van der Waals surface area contributed by atoms with Crippen LogP contribution < -0.4 is 10.5 Å². The average Bonchev–Trinajstić information content (AvgIpc) is 3.44. The first-order valence-corrected chi connectivity index (χ1v) is 11.8. The van der Waals surface area contributed by atoms with E-state index in [1.807, 2.05) is 40.8 Å². The van der Waals surface area contributed by atoms with E-state index in [0.717, 1.165) is 40.9 Å². The van der Waals surface area contributed by atoms with Crippen molar-refractivity contribution < 1.29 is 9.53 Å². The topological polar surface area (TPSA) is 102 Å².